The average molecular weight is 376 g/mol. The van der Waals surface area contributed by atoms with E-state index in [2.05, 4.69) is 10.8 Å². The van der Waals surface area contributed by atoms with Crippen molar-refractivity contribution in [3.8, 4) is 5.75 Å². The van der Waals surface area contributed by atoms with Gasteiger partial charge in [0.25, 0.3) is 0 Å². The standard InChI is InChI=1S/C21H29NO3S/c1-13(2)19-12-21(16(5)11-20(19)25-7)26(23,24)22-17(6)18-9-8-14(3)10-15(18)4/h8-13,17,22H,1-7H3/t17-/m1/s1. The molecule has 0 saturated carbocycles. The number of hydrogen-bond donors (Lipinski definition) is 1. The molecule has 4 nitrogen and oxygen atoms in total. The monoisotopic (exact) mass is 375 g/mol. The molecule has 0 spiro atoms. The van der Waals surface area contributed by atoms with E-state index in [0.717, 1.165) is 28.0 Å². The molecule has 1 N–H and O–H groups in total. The topological polar surface area (TPSA) is 55.4 Å². The maximum Gasteiger partial charge on any atom is 0.241 e. The van der Waals surface area contributed by atoms with E-state index in [9.17, 15) is 8.42 Å². The summed E-state index contributed by atoms with van der Waals surface area (Å²) in [7, 11) is -2.05. The van der Waals surface area contributed by atoms with Crippen LogP contribution in [0.1, 0.15) is 60.5 Å². The summed E-state index contributed by atoms with van der Waals surface area (Å²) in [6.07, 6.45) is 0. The lowest BCUT2D eigenvalue weighted by Gasteiger charge is -2.20. The lowest BCUT2D eigenvalue weighted by molar-refractivity contribution is 0.406. The molecule has 0 fully saturated rings. The van der Waals surface area contributed by atoms with Crippen molar-refractivity contribution in [1.82, 2.24) is 4.72 Å². The molecule has 2 aromatic carbocycles. The van der Waals surface area contributed by atoms with Crippen molar-refractivity contribution in [3.05, 3.63) is 58.1 Å². The Bertz CT molecular complexity index is 902. The highest BCUT2D eigenvalue weighted by Gasteiger charge is 2.23. The molecule has 26 heavy (non-hydrogen) atoms. The predicted molar refractivity (Wildman–Crippen MR) is 106 cm³/mol. The molecule has 0 bridgehead atoms. The van der Waals surface area contributed by atoms with Gasteiger partial charge in [0.15, 0.2) is 0 Å². The number of aryl methyl sites for hydroxylation is 3. The van der Waals surface area contributed by atoms with Crippen molar-refractivity contribution in [2.75, 3.05) is 7.11 Å². The van der Waals surface area contributed by atoms with Crippen molar-refractivity contribution in [1.29, 1.82) is 0 Å². The Balaban J connectivity index is 2.42. The second-order valence-corrected chi connectivity index (χ2v) is 8.90. The van der Waals surface area contributed by atoms with Crippen LogP contribution in [0.15, 0.2) is 35.2 Å². The number of rotatable bonds is 6. The Kier molecular flexibility index (Phi) is 6.14. The lowest BCUT2D eigenvalue weighted by Crippen LogP contribution is -2.28. The summed E-state index contributed by atoms with van der Waals surface area (Å²) in [5.74, 6) is 0.884. The minimum Gasteiger partial charge on any atom is -0.496 e. The summed E-state index contributed by atoms with van der Waals surface area (Å²) >= 11 is 0. The van der Waals surface area contributed by atoms with E-state index in [1.165, 1.54) is 0 Å². The van der Waals surface area contributed by atoms with Crippen LogP contribution in [0.4, 0.5) is 0 Å². The van der Waals surface area contributed by atoms with Gasteiger partial charge >= 0.3 is 0 Å². The molecule has 0 heterocycles. The van der Waals surface area contributed by atoms with Crippen LogP contribution in [-0.2, 0) is 10.0 Å². The molecule has 0 saturated heterocycles. The van der Waals surface area contributed by atoms with Crippen LogP contribution < -0.4 is 9.46 Å². The number of methoxy groups -OCH3 is 1. The molecule has 1 atom stereocenters. The van der Waals surface area contributed by atoms with Gasteiger partial charge in [-0.3, -0.25) is 0 Å². The maximum atomic E-state index is 13.0. The van der Waals surface area contributed by atoms with E-state index in [4.69, 9.17) is 4.74 Å². The molecular weight excluding hydrogens is 346 g/mol. The van der Waals surface area contributed by atoms with Crippen LogP contribution in [-0.4, -0.2) is 15.5 Å². The zero-order chi connectivity index (χ0) is 19.6. The van der Waals surface area contributed by atoms with Crippen LogP contribution in [0.3, 0.4) is 0 Å². The minimum atomic E-state index is -3.65. The molecule has 0 radical (unpaired) electrons. The second kappa shape index (κ2) is 7.80. The highest BCUT2D eigenvalue weighted by molar-refractivity contribution is 7.89. The Hall–Kier alpha value is -1.85. The summed E-state index contributed by atoms with van der Waals surface area (Å²) in [6, 6.07) is 9.27. The first kappa shape index (κ1) is 20.5. The van der Waals surface area contributed by atoms with Crippen molar-refractivity contribution < 1.29 is 13.2 Å². The van der Waals surface area contributed by atoms with Crippen molar-refractivity contribution in [2.45, 2.75) is 58.4 Å². The summed E-state index contributed by atoms with van der Waals surface area (Å²) in [4.78, 5) is 0.304. The zero-order valence-corrected chi connectivity index (χ0v) is 17.5. The summed E-state index contributed by atoms with van der Waals surface area (Å²) in [6.45, 7) is 11.7. The quantitative estimate of drug-likeness (QED) is 0.790. The fraction of sp³-hybridized carbons (Fsp3) is 0.429. The molecule has 0 unspecified atom stereocenters. The Morgan fingerprint density at radius 1 is 0.923 bits per heavy atom. The largest absolute Gasteiger partial charge is 0.496 e. The number of hydrogen-bond acceptors (Lipinski definition) is 3. The normalized spacial score (nSPS) is 13.1. The van der Waals surface area contributed by atoms with Crippen LogP contribution in [0.2, 0.25) is 0 Å². The lowest BCUT2D eigenvalue weighted by atomic mass is 10.0. The number of ether oxygens (including phenoxy) is 1. The van der Waals surface area contributed by atoms with Crippen LogP contribution in [0.5, 0.6) is 5.75 Å². The highest BCUT2D eigenvalue weighted by atomic mass is 32.2. The predicted octanol–water partition coefficient (Wildman–Crippen LogP) is 4.78. The van der Waals surface area contributed by atoms with Gasteiger partial charge in [-0.15, -0.1) is 0 Å². The molecule has 0 amide bonds. The van der Waals surface area contributed by atoms with Crippen molar-refractivity contribution in [3.63, 3.8) is 0 Å². The first-order chi connectivity index (χ1) is 12.1. The molecule has 0 aliphatic rings. The maximum absolute atomic E-state index is 13.0. The summed E-state index contributed by atoms with van der Waals surface area (Å²) in [5.41, 5.74) is 4.78. The third-order valence-electron chi connectivity index (χ3n) is 4.66. The average Bonchev–Trinajstić information content (AvgIpc) is 2.53. The first-order valence-corrected chi connectivity index (χ1v) is 10.3. The summed E-state index contributed by atoms with van der Waals surface area (Å²) < 4.78 is 34.3. The molecule has 0 aromatic heterocycles. The first-order valence-electron chi connectivity index (χ1n) is 8.84. The van der Waals surface area contributed by atoms with Crippen molar-refractivity contribution in [2.24, 2.45) is 0 Å². The zero-order valence-electron chi connectivity index (χ0n) is 16.7. The minimum absolute atomic E-state index is 0.163. The van der Waals surface area contributed by atoms with Gasteiger partial charge < -0.3 is 4.74 Å². The van der Waals surface area contributed by atoms with Crippen LogP contribution in [0.25, 0.3) is 0 Å². The SMILES string of the molecule is COc1cc(C)c(S(=O)(=O)N[C@H](C)c2ccc(C)cc2C)cc1C(C)C. The Morgan fingerprint density at radius 2 is 1.58 bits per heavy atom. The van der Waals surface area contributed by atoms with Gasteiger partial charge in [-0.1, -0.05) is 37.6 Å². The number of benzene rings is 2. The van der Waals surface area contributed by atoms with Gasteiger partial charge in [-0.25, -0.2) is 13.1 Å². The van der Waals surface area contributed by atoms with Gasteiger partial charge in [0.1, 0.15) is 5.75 Å². The summed E-state index contributed by atoms with van der Waals surface area (Å²) in [5, 5.41) is 0. The molecule has 5 heteroatoms. The molecule has 2 aromatic rings. The van der Waals surface area contributed by atoms with E-state index in [1.54, 1.807) is 26.2 Å². The fourth-order valence-electron chi connectivity index (χ4n) is 3.27. The smallest absolute Gasteiger partial charge is 0.241 e. The molecule has 2 rings (SSSR count). The van der Waals surface area contributed by atoms with Crippen LogP contribution >= 0.6 is 0 Å². The fourth-order valence-corrected chi connectivity index (χ4v) is 4.75. The van der Waals surface area contributed by atoms with Crippen molar-refractivity contribution >= 4 is 10.0 Å². The van der Waals surface area contributed by atoms with Gasteiger partial charge in [0.05, 0.1) is 12.0 Å². The Morgan fingerprint density at radius 3 is 2.12 bits per heavy atom. The van der Waals surface area contributed by atoms with E-state index in [-0.39, 0.29) is 12.0 Å². The molecule has 0 aliphatic carbocycles. The van der Waals surface area contributed by atoms with Gasteiger partial charge in [0, 0.05) is 6.04 Å². The second-order valence-electron chi connectivity index (χ2n) is 7.22. The molecular formula is C21H29NO3S. The highest BCUT2D eigenvalue weighted by Crippen LogP contribution is 2.32. The van der Waals surface area contributed by atoms with Gasteiger partial charge in [0.2, 0.25) is 10.0 Å². The third kappa shape index (κ3) is 4.27. The van der Waals surface area contributed by atoms with E-state index in [0.29, 0.717) is 10.5 Å². The number of nitrogens with one attached hydrogen (secondary N) is 1. The van der Waals surface area contributed by atoms with E-state index < -0.39 is 10.0 Å². The third-order valence-corrected chi connectivity index (χ3v) is 6.35. The number of sulfonamides is 1. The van der Waals surface area contributed by atoms with Gasteiger partial charge in [-0.05, 0) is 68.0 Å². The Labute approximate surface area is 157 Å². The van der Waals surface area contributed by atoms with Crippen LogP contribution in [0, 0.1) is 20.8 Å². The molecule has 142 valence electrons. The molecule has 0 aliphatic heterocycles. The van der Waals surface area contributed by atoms with E-state index in [1.807, 2.05) is 46.8 Å². The van der Waals surface area contributed by atoms with E-state index >= 15 is 0 Å². The van der Waals surface area contributed by atoms with Gasteiger partial charge in [-0.2, -0.15) is 0 Å².